The molecular weight excluding hydrogens is 254 g/mol. The van der Waals surface area contributed by atoms with Crippen molar-refractivity contribution < 1.29 is 0 Å². The lowest BCUT2D eigenvalue weighted by molar-refractivity contribution is 0.302. The lowest BCUT2D eigenvalue weighted by atomic mass is 9.91. The van der Waals surface area contributed by atoms with Crippen LogP contribution in [0.2, 0.25) is 0 Å². The molecule has 2 aliphatic rings. The molecule has 2 aliphatic carbocycles. The first-order valence-corrected chi connectivity index (χ1v) is 9.18. The van der Waals surface area contributed by atoms with E-state index in [1.165, 1.54) is 64.2 Å². The number of fused-ring (bicyclic) bond motifs is 1. The first kappa shape index (κ1) is 15.1. The highest BCUT2D eigenvalue weighted by molar-refractivity contribution is 5.31. The molecule has 0 saturated heterocycles. The van der Waals surface area contributed by atoms with Gasteiger partial charge >= 0.3 is 0 Å². The van der Waals surface area contributed by atoms with E-state index >= 15 is 0 Å². The second kappa shape index (κ2) is 7.45. The van der Waals surface area contributed by atoms with Crippen LogP contribution in [0.5, 0.6) is 0 Å². The summed E-state index contributed by atoms with van der Waals surface area (Å²) in [4.78, 5) is 0. The maximum Gasteiger partial charge on any atom is 0.0325 e. The van der Waals surface area contributed by atoms with Crippen molar-refractivity contribution in [2.75, 3.05) is 0 Å². The molecule has 0 radical (unpaired) electrons. The zero-order valence-electron chi connectivity index (χ0n) is 13.6. The second-order valence-electron chi connectivity index (χ2n) is 7.20. The average Bonchev–Trinajstić information content (AvgIpc) is 2.89. The summed E-state index contributed by atoms with van der Waals surface area (Å²) in [5.74, 6) is 0.892. The van der Waals surface area contributed by atoms with Crippen molar-refractivity contribution in [3.63, 3.8) is 0 Å². The third-order valence-electron chi connectivity index (χ3n) is 5.69. The van der Waals surface area contributed by atoms with Gasteiger partial charge in [-0.3, -0.25) is 0 Å². The largest absolute Gasteiger partial charge is 0.307 e. The van der Waals surface area contributed by atoms with Crippen molar-refractivity contribution in [2.45, 2.75) is 83.2 Å². The van der Waals surface area contributed by atoms with Gasteiger partial charge in [-0.2, -0.15) is 0 Å². The van der Waals surface area contributed by atoms with Crippen LogP contribution < -0.4 is 5.32 Å². The Bertz CT molecular complexity index is 431. The van der Waals surface area contributed by atoms with Gasteiger partial charge in [-0.15, -0.1) is 0 Å². The Morgan fingerprint density at radius 1 is 0.905 bits per heavy atom. The molecule has 0 amide bonds. The Labute approximate surface area is 130 Å². The Hall–Kier alpha value is -0.820. The van der Waals surface area contributed by atoms with Crippen LogP contribution in [-0.4, -0.2) is 6.04 Å². The summed E-state index contributed by atoms with van der Waals surface area (Å²) in [6.45, 7) is 2.43. The van der Waals surface area contributed by atoms with Gasteiger partial charge in [0.05, 0.1) is 0 Å². The lowest BCUT2D eigenvalue weighted by Gasteiger charge is -2.29. The molecule has 0 heterocycles. The normalized spacial score (nSPS) is 25.7. The number of nitrogens with one attached hydrogen (secondary N) is 1. The van der Waals surface area contributed by atoms with Gasteiger partial charge in [0.2, 0.25) is 0 Å². The topological polar surface area (TPSA) is 12.0 Å². The molecule has 0 spiro atoms. The quantitative estimate of drug-likeness (QED) is 0.579. The molecule has 3 rings (SSSR count). The van der Waals surface area contributed by atoms with Gasteiger partial charge in [0.1, 0.15) is 0 Å². The number of aryl methyl sites for hydroxylation is 1. The molecule has 116 valence electrons. The van der Waals surface area contributed by atoms with Crippen LogP contribution in [0.15, 0.2) is 24.3 Å². The monoisotopic (exact) mass is 285 g/mol. The first-order valence-electron chi connectivity index (χ1n) is 9.18. The molecule has 1 fully saturated rings. The summed E-state index contributed by atoms with van der Waals surface area (Å²) in [6.07, 6.45) is 14.0. The molecule has 1 heteroatoms. The van der Waals surface area contributed by atoms with E-state index in [1.807, 2.05) is 0 Å². The standard InChI is InChI=1S/C20H31N/c1-16(17-10-4-2-3-5-11-17)21-20-15-9-7-13-18-12-6-8-14-19(18)20/h6,8,12,14,16-17,20-21H,2-5,7,9-11,13,15H2,1H3/t16-,20?/m0/s1. The molecule has 1 saturated carbocycles. The van der Waals surface area contributed by atoms with Crippen molar-refractivity contribution >= 4 is 0 Å². The minimum absolute atomic E-state index is 0.585. The van der Waals surface area contributed by atoms with Crippen molar-refractivity contribution in [3.05, 3.63) is 35.4 Å². The first-order chi connectivity index (χ1) is 10.3. The van der Waals surface area contributed by atoms with Crippen LogP contribution in [0, 0.1) is 5.92 Å². The van der Waals surface area contributed by atoms with Gasteiger partial charge in [0, 0.05) is 12.1 Å². The molecule has 1 aromatic rings. The number of benzene rings is 1. The Kier molecular flexibility index (Phi) is 5.35. The summed E-state index contributed by atoms with van der Waals surface area (Å²) in [7, 11) is 0. The van der Waals surface area contributed by atoms with Crippen LogP contribution in [-0.2, 0) is 6.42 Å². The van der Waals surface area contributed by atoms with Crippen LogP contribution in [0.4, 0.5) is 0 Å². The zero-order valence-corrected chi connectivity index (χ0v) is 13.6. The van der Waals surface area contributed by atoms with Crippen molar-refractivity contribution in [2.24, 2.45) is 5.92 Å². The average molecular weight is 285 g/mol. The molecule has 0 bridgehead atoms. The van der Waals surface area contributed by atoms with Crippen LogP contribution >= 0.6 is 0 Å². The van der Waals surface area contributed by atoms with Gasteiger partial charge in [-0.25, -0.2) is 0 Å². The van der Waals surface area contributed by atoms with E-state index in [9.17, 15) is 0 Å². The van der Waals surface area contributed by atoms with E-state index in [2.05, 4.69) is 36.5 Å². The fourth-order valence-electron chi connectivity index (χ4n) is 4.36. The summed E-state index contributed by atoms with van der Waals surface area (Å²) in [6, 6.07) is 10.4. The second-order valence-corrected chi connectivity index (χ2v) is 7.20. The van der Waals surface area contributed by atoms with E-state index in [4.69, 9.17) is 0 Å². The highest BCUT2D eigenvalue weighted by Crippen LogP contribution is 2.31. The van der Waals surface area contributed by atoms with Crippen LogP contribution in [0.25, 0.3) is 0 Å². The molecule has 1 aromatic carbocycles. The lowest BCUT2D eigenvalue weighted by Crippen LogP contribution is -2.36. The van der Waals surface area contributed by atoms with Crippen molar-refractivity contribution in [1.29, 1.82) is 0 Å². The molecule has 0 aromatic heterocycles. The van der Waals surface area contributed by atoms with Gasteiger partial charge in [-0.05, 0) is 56.1 Å². The highest BCUT2D eigenvalue weighted by atomic mass is 15.0. The van der Waals surface area contributed by atoms with Crippen LogP contribution in [0.1, 0.15) is 81.9 Å². The molecule has 1 nitrogen and oxygen atoms in total. The maximum absolute atomic E-state index is 4.01. The van der Waals surface area contributed by atoms with Gasteiger partial charge in [0.25, 0.3) is 0 Å². The summed E-state index contributed by atoms with van der Waals surface area (Å²) >= 11 is 0. The minimum atomic E-state index is 0.585. The fraction of sp³-hybridized carbons (Fsp3) is 0.700. The fourth-order valence-corrected chi connectivity index (χ4v) is 4.36. The third kappa shape index (κ3) is 3.88. The molecular formula is C20H31N. The van der Waals surface area contributed by atoms with Gasteiger partial charge in [-0.1, -0.05) is 56.4 Å². The molecule has 2 atom stereocenters. The van der Waals surface area contributed by atoms with Crippen LogP contribution in [0.3, 0.4) is 0 Å². The van der Waals surface area contributed by atoms with E-state index in [0.717, 1.165) is 5.92 Å². The molecule has 0 aliphatic heterocycles. The predicted octanol–water partition coefficient (Wildman–Crippen LogP) is 5.40. The smallest absolute Gasteiger partial charge is 0.0325 e. The van der Waals surface area contributed by atoms with E-state index in [-0.39, 0.29) is 0 Å². The number of hydrogen-bond acceptors (Lipinski definition) is 1. The highest BCUT2D eigenvalue weighted by Gasteiger charge is 2.24. The van der Waals surface area contributed by atoms with Gasteiger partial charge < -0.3 is 5.32 Å². The summed E-state index contributed by atoms with van der Waals surface area (Å²) < 4.78 is 0. The molecule has 1 unspecified atom stereocenters. The van der Waals surface area contributed by atoms with Gasteiger partial charge in [0.15, 0.2) is 0 Å². The Morgan fingerprint density at radius 3 is 2.43 bits per heavy atom. The van der Waals surface area contributed by atoms with Crippen molar-refractivity contribution in [1.82, 2.24) is 5.32 Å². The van der Waals surface area contributed by atoms with E-state index in [0.29, 0.717) is 12.1 Å². The number of rotatable bonds is 3. The number of hydrogen-bond donors (Lipinski definition) is 1. The summed E-state index contributed by atoms with van der Waals surface area (Å²) in [5.41, 5.74) is 3.16. The molecule has 21 heavy (non-hydrogen) atoms. The van der Waals surface area contributed by atoms with E-state index < -0.39 is 0 Å². The zero-order chi connectivity index (χ0) is 14.5. The molecule has 1 N–H and O–H groups in total. The Balaban J connectivity index is 1.68. The maximum atomic E-state index is 4.01. The SMILES string of the molecule is C[C@H](NC1CCCCc2ccccc21)C1CCCCCC1. The predicted molar refractivity (Wildman–Crippen MR) is 90.5 cm³/mol. The third-order valence-corrected chi connectivity index (χ3v) is 5.69. The summed E-state index contributed by atoms with van der Waals surface area (Å²) in [5, 5.41) is 4.01. The van der Waals surface area contributed by atoms with Crippen molar-refractivity contribution in [3.8, 4) is 0 Å². The minimum Gasteiger partial charge on any atom is -0.307 e. The van der Waals surface area contributed by atoms with E-state index in [1.54, 1.807) is 11.1 Å². The Morgan fingerprint density at radius 2 is 1.62 bits per heavy atom.